The van der Waals surface area contributed by atoms with Gasteiger partial charge >= 0.3 is 0 Å². The van der Waals surface area contributed by atoms with Crippen molar-refractivity contribution in [1.29, 1.82) is 0 Å². The molecule has 0 aromatic carbocycles. The van der Waals surface area contributed by atoms with E-state index in [2.05, 4.69) is 0 Å². The monoisotopic (exact) mass is 301 g/mol. The molecule has 1 unspecified atom stereocenters. The lowest BCUT2D eigenvalue weighted by Gasteiger charge is -2.31. The first-order chi connectivity index (χ1) is 8.91. The fraction of sp³-hybridized carbons (Fsp3) is 0.643. The number of hydrogen-bond acceptors (Lipinski definition) is 4. The highest BCUT2D eigenvalue weighted by atomic mass is 35.5. The molecule has 0 saturated heterocycles. The van der Waals surface area contributed by atoms with Crippen LogP contribution in [0.2, 0.25) is 4.34 Å². The van der Waals surface area contributed by atoms with Crippen molar-refractivity contribution in [2.75, 3.05) is 13.6 Å². The number of aliphatic hydroxyl groups is 1. The standard InChI is InChI=1S/C14H20ClNO2S/c1-10(13(17)11-5-6-12(15)19-11)16(2)9-14(18)7-3-4-8-14/h5-6,10,18H,3-4,7-9H2,1-2H3. The van der Waals surface area contributed by atoms with Gasteiger partial charge in [-0.2, -0.15) is 0 Å². The molecule has 0 aliphatic heterocycles. The van der Waals surface area contributed by atoms with Crippen LogP contribution in [0.25, 0.3) is 0 Å². The van der Waals surface area contributed by atoms with E-state index in [-0.39, 0.29) is 11.8 Å². The molecule has 1 N–H and O–H groups in total. The Morgan fingerprint density at radius 1 is 1.53 bits per heavy atom. The number of rotatable bonds is 5. The molecule has 5 heteroatoms. The summed E-state index contributed by atoms with van der Waals surface area (Å²) in [5, 5.41) is 10.4. The summed E-state index contributed by atoms with van der Waals surface area (Å²) in [6.45, 7) is 2.44. The molecular formula is C14H20ClNO2S. The Morgan fingerprint density at radius 2 is 2.16 bits per heavy atom. The van der Waals surface area contributed by atoms with E-state index in [1.165, 1.54) is 11.3 Å². The van der Waals surface area contributed by atoms with Gasteiger partial charge in [-0.1, -0.05) is 24.4 Å². The lowest BCUT2D eigenvalue weighted by Crippen LogP contribution is -2.45. The zero-order valence-corrected chi connectivity index (χ0v) is 12.9. The Hall–Kier alpha value is -0.420. The van der Waals surface area contributed by atoms with Crippen LogP contribution in [-0.4, -0.2) is 41.0 Å². The minimum absolute atomic E-state index is 0.0704. The van der Waals surface area contributed by atoms with Crippen molar-refractivity contribution >= 4 is 28.7 Å². The molecule has 1 aromatic rings. The van der Waals surface area contributed by atoms with E-state index >= 15 is 0 Å². The lowest BCUT2D eigenvalue weighted by molar-refractivity contribution is 0.00862. The summed E-state index contributed by atoms with van der Waals surface area (Å²) in [7, 11) is 1.90. The molecule has 106 valence electrons. The van der Waals surface area contributed by atoms with Crippen LogP contribution in [0.3, 0.4) is 0 Å². The number of ketones is 1. The molecule has 0 radical (unpaired) electrons. The van der Waals surface area contributed by atoms with E-state index in [1.807, 2.05) is 18.9 Å². The van der Waals surface area contributed by atoms with E-state index < -0.39 is 5.60 Å². The second-order valence-electron chi connectivity index (χ2n) is 5.49. The number of halogens is 1. The van der Waals surface area contributed by atoms with Gasteiger partial charge in [0, 0.05) is 6.54 Å². The fourth-order valence-corrected chi connectivity index (χ4v) is 3.71. The largest absolute Gasteiger partial charge is 0.389 e. The van der Waals surface area contributed by atoms with Crippen molar-refractivity contribution in [3.63, 3.8) is 0 Å². The Balaban J connectivity index is 1.98. The molecule has 0 amide bonds. The Kier molecular flexibility index (Phi) is 4.66. The third-order valence-electron chi connectivity index (χ3n) is 3.93. The van der Waals surface area contributed by atoms with Crippen molar-refractivity contribution < 1.29 is 9.90 Å². The Bertz CT molecular complexity index is 454. The van der Waals surface area contributed by atoms with Crippen LogP contribution >= 0.6 is 22.9 Å². The van der Waals surface area contributed by atoms with Gasteiger partial charge in [0.05, 0.1) is 20.9 Å². The molecule has 1 saturated carbocycles. The summed E-state index contributed by atoms with van der Waals surface area (Å²) in [4.78, 5) is 14.9. The van der Waals surface area contributed by atoms with E-state index in [9.17, 15) is 9.90 Å². The summed E-state index contributed by atoms with van der Waals surface area (Å²) in [6.07, 6.45) is 3.83. The molecule has 3 nitrogen and oxygen atoms in total. The first-order valence-corrected chi connectivity index (χ1v) is 7.83. The molecule has 1 aliphatic carbocycles. The van der Waals surface area contributed by atoms with Crippen molar-refractivity contribution in [2.24, 2.45) is 0 Å². The average Bonchev–Trinajstić information content (AvgIpc) is 2.96. The van der Waals surface area contributed by atoms with Crippen LogP contribution in [-0.2, 0) is 0 Å². The van der Waals surface area contributed by atoms with E-state index in [1.54, 1.807) is 12.1 Å². The summed E-state index contributed by atoms with van der Waals surface area (Å²) in [6, 6.07) is 3.28. The minimum atomic E-state index is -0.615. The van der Waals surface area contributed by atoms with Gasteiger partial charge in [-0.25, -0.2) is 0 Å². The van der Waals surface area contributed by atoms with Crippen LogP contribution in [0.1, 0.15) is 42.3 Å². The van der Waals surface area contributed by atoms with Gasteiger partial charge in [-0.15, -0.1) is 11.3 Å². The zero-order valence-electron chi connectivity index (χ0n) is 11.4. The van der Waals surface area contributed by atoms with Crippen molar-refractivity contribution in [3.05, 3.63) is 21.3 Å². The first-order valence-electron chi connectivity index (χ1n) is 6.63. The molecule has 1 atom stereocenters. The third-order valence-corrected chi connectivity index (χ3v) is 5.18. The quantitative estimate of drug-likeness (QED) is 0.849. The van der Waals surface area contributed by atoms with Gasteiger partial charge in [0.1, 0.15) is 0 Å². The molecule has 1 aromatic heterocycles. The summed E-state index contributed by atoms with van der Waals surface area (Å²) < 4.78 is 0.632. The maximum absolute atomic E-state index is 12.3. The van der Waals surface area contributed by atoms with Crippen LogP contribution in [0.5, 0.6) is 0 Å². The van der Waals surface area contributed by atoms with Crippen LogP contribution < -0.4 is 0 Å². The van der Waals surface area contributed by atoms with Crippen molar-refractivity contribution in [3.8, 4) is 0 Å². The first kappa shape index (κ1) is 15.0. The smallest absolute Gasteiger partial charge is 0.189 e. The average molecular weight is 302 g/mol. The maximum atomic E-state index is 12.3. The van der Waals surface area contributed by atoms with Gasteiger partial charge in [-0.3, -0.25) is 9.69 Å². The SMILES string of the molecule is CC(C(=O)c1ccc(Cl)s1)N(C)CC1(O)CCCC1. The van der Waals surface area contributed by atoms with Crippen molar-refractivity contribution in [2.45, 2.75) is 44.2 Å². The highest BCUT2D eigenvalue weighted by Crippen LogP contribution is 2.31. The third kappa shape index (κ3) is 3.57. The highest BCUT2D eigenvalue weighted by Gasteiger charge is 2.34. The topological polar surface area (TPSA) is 40.5 Å². The lowest BCUT2D eigenvalue weighted by atomic mass is 10.0. The molecule has 0 spiro atoms. The predicted molar refractivity (Wildman–Crippen MR) is 79.2 cm³/mol. The highest BCUT2D eigenvalue weighted by molar-refractivity contribution is 7.18. The summed E-state index contributed by atoms with van der Waals surface area (Å²) >= 11 is 7.17. The minimum Gasteiger partial charge on any atom is -0.389 e. The van der Waals surface area contributed by atoms with Gasteiger partial charge in [-0.05, 0) is 38.9 Å². The van der Waals surface area contributed by atoms with Gasteiger partial charge < -0.3 is 5.11 Å². The normalized spacial score (nSPS) is 19.8. The molecule has 19 heavy (non-hydrogen) atoms. The number of likely N-dealkylation sites (N-methyl/N-ethyl adjacent to an activating group) is 1. The molecular weight excluding hydrogens is 282 g/mol. The fourth-order valence-electron chi connectivity index (χ4n) is 2.65. The van der Waals surface area contributed by atoms with E-state index in [0.29, 0.717) is 15.8 Å². The second kappa shape index (κ2) is 5.92. The molecule has 1 aliphatic rings. The Labute approximate surface area is 123 Å². The zero-order chi connectivity index (χ0) is 14.0. The second-order valence-corrected chi connectivity index (χ2v) is 7.21. The van der Waals surface area contributed by atoms with E-state index in [0.717, 1.165) is 25.7 Å². The van der Waals surface area contributed by atoms with Gasteiger partial charge in [0.25, 0.3) is 0 Å². The summed E-state index contributed by atoms with van der Waals surface area (Å²) in [5.41, 5.74) is -0.615. The van der Waals surface area contributed by atoms with Crippen LogP contribution in [0.15, 0.2) is 12.1 Å². The molecule has 2 rings (SSSR count). The van der Waals surface area contributed by atoms with Gasteiger partial charge in [0.2, 0.25) is 0 Å². The van der Waals surface area contributed by atoms with Crippen LogP contribution in [0.4, 0.5) is 0 Å². The van der Waals surface area contributed by atoms with E-state index in [4.69, 9.17) is 11.6 Å². The van der Waals surface area contributed by atoms with Crippen molar-refractivity contribution in [1.82, 2.24) is 4.90 Å². The predicted octanol–water partition coefficient (Wildman–Crippen LogP) is 3.21. The summed E-state index contributed by atoms with van der Waals surface area (Å²) in [5.74, 6) is 0.0704. The molecule has 1 fully saturated rings. The molecule has 1 heterocycles. The molecule has 0 bridgehead atoms. The van der Waals surface area contributed by atoms with Gasteiger partial charge in [0.15, 0.2) is 5.78 Å². The number of thiophene rings is 1. The Morgan fingerprint density at radius 3 is 2.68 bits per heavy atom. The number of carbonyl (C=O) groups is 1. The number of Topliss-reactive ketones (excluding diaryl/α,β-unsaturated/α-hetero) is 1. The number of carbonyl (C=O) groups excluding carboxylic acids is 1. The number of hydrogen-bond donors (Lipinski definition) is 1. The number of nitrogens with zero attached hydrogens (tertiary/aromatic N) is 1. The van der Waals surface area contributed by atoms with Crippen LogP contribution in [0, 0.1) is 0 Å². The maximum Gasteiger partial charge on any atom is 0.189 e.